The van der Waals surface area contributed by atoms with Crippen molar-refractivity contribution in [3.8, 4) is 0 Å². The lowest BCUT2D eigenvalue weighted by molar-refractivity contribution is 0.0364. The fraction of sp³-hybridized carbons (Fsp3) is 0.778. The molecular weight excluding hydrogens is 276 g/mol. The Labute approximate surface area is 133 Å². The summed E-state index contributed by atoms with van der Waals surface area (Å²) in [6.45, 7) is 2.66. The zero-order valence-corrected chi connectivity index (χ0v) is 14.3. The third kappa shape index (κ3) is 3.35. The van der Waals surface area contributed by atoms with Crippen molar-refractivity contribution in [1.82, 2.24) is 10.2 Å². The van der Waals surface area contributed by atoms with Gasteiger partial charge in [-0.15, -0.1) is 11.3 Å². The van der Waals surface area contributed by atoms with Crippen LogP contribution in [0.3, 0.4) is 0 Å². The highest BCUT2D eigenvalue weighted by atomic mass is 32.1. The molecule has 0 aromatic carbocycles. The first-order valence-electron chi connectivity index (χ1n) is 8.80. The first kappa shape index (κ1) is 15.5. The van der Waals surface area contributed by atoms with Crippen LogP contribution < -0.4 is 5.32 Å². The number of thiophene rings is 1. The molecule has 1 atom stereocenters. The van der Waals surface area contributed by atoms with Crippen molar-refractivity contribution in [2.75, 3.05) is 20.1 Å². The van der Waals surface area contributed by atoms with E-state index in [2.05, 4.69) is 34.8 Å². The molecule has 0 spiro atoms. The lowest BCUT2D eigenvalue weighted by atomic mass is 9.82. The van der Waals surface area contributed by atoms with Crippen molar-refractivity contribution in [1.29, 1.82) is 0 Å². The van der Waals surface area contributed by atoms with Crippen molar-refractivity contribution in [3.63, 3.8) is 0 Å². The van der Waals surface area contributed by atoms with E-state index in [1.807, 2.05) is 11.3 Å². The maximum atomic E-state index is 3.71. The van der Waals surface area contributed by atoms with Crippen molar-refractivity contribution in [2.45, 2.75) is 69.4 Å². The Balaban J connectivity index is 1.70. The van der Waals surface area contributed by atoms with Crippen LogP contribution in [0.4, 0.5) is 0 Å². The molecule has 21 heavy (non-hydrogen) atoms. The van der Waals surface area contributed by atoms with Crippen LogP contribution in [0, 0.1) is 0 Å². The van der Waals surface area contributed by atoms with Gasteiger partial charge in [-0.3, -0.25) is 4.90 Å². The van der Waals surface area contributed by atoms with Gasteiger partial charge < -0.3 is 5.32 Å². The molecule has 1 saturated carbocycles. The van der Waals surface area contributed by atoms with Gasteiger partial charge in [-0.2, -0.15) is 0 Å². The van der Waals surface area contributed by atoms with E-state index in [1.54, 1.807) is 4.88 Å². The molecule has 2 fully saturated rings. The highest BCUT2D eigenvalue weighted by Crippen LogP contribution is 2.41. The number of nitrogens with one attached hydrogen (secondary N) is 1. The zero-order chi connectivity index (χ0) is 14.5. The lowest BCUT2D eigenvalue weighted by Crippen LogP contribution is -2.60. The second-order valence-corrected chi connectivity index (χ2v) is 7.85. The molecular formula is C18H30N2S. The molecule has 3 rings (SSSR count). The van der Waals surface area contributed by atoms with Crippen LogP contribution in [0.5, 0.6) is 0 Å². The number of hydrogen-bond acceptors (Lipinski definition) is 3. The second-order valence-electron chi connectivity index (χ2n) is 6.82. The summed E-state index contributed by atoms with van der Waals surface area (Å²) < 4.78 is 0. The Hall–Kier alpha value is -0.380. The predicted octanol–water partition coefficient (Wildman–Crippen LogP) is 4.07. The number of nitrogens with zero attached hydrogens (tertiary/aromatic N) is 1. The summed E-state index contributed by atoms with van der Waals surface area (Å²) in [6, 6.07) is 5.13. The van der Waals surface area contributed by atoms with Crippen LogP contribution in [0.25, 0.3) is 0 Å². The minimum Gasteiger partial charge on any atom is -0.315 e. The summed E-state index contributed by atoms with van der Waals surface area (Å²) in [5, 5.41) is 5.92. The lowest BCUT2D eigenvalue weighted by Gasteiger charge is -2.48. The summed E-state index contributed by atoms with van der Waals surface area (Å²) in [5.74, 6) is 0. The molecule has 0 radical (unpaired) electrons. The van der Waals surface area contributed by atoms with Gasteiger partial charge in [0.15, 0.2) is 0 Å². The van der Waals surface area contributed by atoms with E-state index in [9.17, 15) is 0 Å². The van der Waals surface area contributed by atoms with Gasteiger partial charge in [0.25, 0.3) is 0 Å². The molecule has 118 valence electrons. The predicted molar refractivity (Wildman–Crippen MR) is 92.1 cm³/mol. The van der Waals surface area contributed by atoms with Crippen LogP contribution in [0.2, 0.25) is 0 Å². The fourth-order valence-electron chi connectivity index (χ4n) is 4.63. The van der Waals surface area contributed by atoms with Gasteiger partial charge in [-0.1, -0.05) is 25.3 Å². The number of piperidine rings is 1. The van der Waals surface area contributed by atoms with Crippen LogP contribution >= 0.6 is 11.3 Å². The monoisotopic (exact) mass is 306 g/mol. The van der Waals surface area contributed by atoms with E-state index in [0.29, 0.717) is 11.6 Å². The maximum absolute atomic E-state index is 3.71. The van der Waals surface area contributed by atoms with Gasteiger partial charge in [0.1, 0.15) is 0 Å². The van der Waals surface area contributed by atoms with Crippen LogP contribution in [0.1, 0.15) is 56.2 Å². The topological polar surface area (TPSA) is 15.3 Å². The maximum Gasteiger partial charge on any atom is 0.0362 e. The van der Waals surface area contributed by atoms with Crippen LogP contribution in [0.15, 0.2) is 17.5 Å². The Morgan fingerprint density at radius 3 is 2.57 bits per heavy atom. The minimum atomic E-state index is 0.451. The molecule has 1 N–H and O–H groups in total. The average molecular weight is 307 g/mol. The molecule has 2 aliphatic rings. The van der Waals surface area contributed by atoms with Gasteiger partial charge in [0.05, 0.1) is 0 Å². The Bertz CT molecular complexity index is 403. The van der Waals surface area contributed by atoms with Crippen LogP contribution in [-0.4, -0.2) is 36.6 Å². The van der Waals surface area contributed by atoms with Crippen LogP contribution in [-0.2, 0) is 6.42 Å². The van der Waals surface area contributed by atoms with E-state index < -0.39 is 0 Å². The number of likely N-dealkylation sites (tertiary alicyclic amines) is 1. The molecule has 2 heterocycles. The van der Waals surface area contributed by atoms with E-state index in [4.69, 9.17) is 0 Å². The molecule has 1 aliphatic heterocycles. The van der Waals surface area contributed by atoms with E-state index >= 15 is 0 Å². The highest BCUT2D eigenvalue weighted by molar-refractivity contribution is 7.09. The third-order valence-corrected chi connectivity index (χ3v) is 6.65. The molecule has 3 heteroatoms. The first-order chi connectivity index (χ1) is 10.3. The number of rotatable bonds is 6. The highest BCUT2D eigenvalue weighted by Gasteiger charge is 2.45. The van der Waals surface area contributed by atoms with Crippen molar-refractivity contribution in [3.05, 3.63) is 22.4 Å². The number of hydrogen-bond donors (Lipinski definition) is 1. The summed E-state index contributed by atoms with van der Waals surface area (Å²) in [4.78, 5) is 4.40. The third-order valence-electron chi connectivity index (χ3n) is 5.71. The van der Waals surface area contributed by atoms with Gasteiger partial charge in [0, 0.05) is 16.5 Å². The van der Waals surface area contributed by atoms with E-state index in [-0.39, 0.29) is 0 Å². The summed E-state index contributed by atoms with van der Waals surface area (Å²) in [6.07, 6.45) is 12.4. The molecule has 0 amide bonds. The van der Waals surface area contributed by atoms with Crippen molar-refractivity contribution in [2.24, 2.45) is 0 Å². The normalized spacial score (nSPS) is 24.2. The fourth-order valence-corrected chi connectivity index (χ4v) is 5.36. The van der Waals surface area contributed by atoms with E-state index in [0.717, 1.165) is 0 Å². The molecule has 2 nitrogen and oxygen atoms in total. The smallest absolute Gasteiger partial charge is 0.0362 e. The number of likely N-dealkylation sites (N-methyl/N-ethyl adjacent to an activating group) is 1. The Kier molecular flexibility index (Phi) is 5.36. The van der Waals surface area contributed by atoms with Gasteiger partial charge in [-0.25, -0.2) is 0 Å². The first-order valence-corrected chi connectivity index (χ1v) is 9.68. The van der Waals surface area contributed by atoms with Crippen molar-refractivity contribution < 1.29 is 0 Å². The molecule has 1 saturated heterocycles. The van der Waals surface area contributed by atoms with Crippen molar-refractivity contribution >= 4 is 11.3 Å². The molecule has 1 unspecified atom stereocenters. The summed E-state index contributed by atoms with van der Waals surface area (Å²) in [7, 11) is 2.18. The standard InChI is InChI=1S/C18H30N2S/c1-19-17(10-9-16-8-7-15-21-16)18(11-3-4-12-18)20-13-5-2-6-14-20/h7-8,15,17,19H,2-6,9-14H2,1H3. The minimum absolute atomic E-state index is 0.451. The Morgan fingerprint density at radius 1 is 1.19 bits per heavy atom. The zero-order valence-electron chi connectivity index (χ0n) is 13.4. The van der Waals surface area contributed by atoms with Gasteiger partial charge >= 0.3 is 0 Å². The van der Waals surface area contributed by atoms with E-state index in [1.165, 1.54) is 70.9 Å². The van der Waals surface area contributed by atoms with Gasteiger partial charge in [-0.05, 0) is 70.1 Å². The molecule has 0 bridgehead atoms. The Morgan fingerprint density at radius 2 is 1.95 bits per heavy atom. The largest absolute Gasteiger partial charge is 0.315 e. The molecule has 1 aliphatic carbocycles. The quantitative estimate of drug-likeness (QED) is 0.852. The second kappa shape index (κ2) is 7.26. The molecule has 1 aromatic rings. The molecule has 1 aromatic heterocycles. The average Bonchev–Trinajstić information content (AvgIpc) is 3.21. The van der Waals surface area contributed by atoms with Gasteiger partial charge in [0.2, 0.25) is 0 Å². The SMILES string of the molecule is CNC(CCc1cccs1)C1(N2CCCCC2)CCCC1. The number of aryl methyl sites for hydroxylation is 1. The summed E-state index contributed by atoms with van der Waals surface area (Å²) in [5.41, 5.74) is 0.451. The summed E-state index contributed by atoms with van der Waals surface area (Å²) >= 11 is 1.91.